The molecule has 1 rings (SSSR count). The van der Waals surface area contributed by atoms with E-state index < -0.39 is 0 Å². The summed E-state index contributed by atoms with van der Waals surface area (Å²) in [7, 11) is 1.83. The minimum absolute atomic E-state index is 0.0617. The van der Waals surface area contributed by atoms with Gasteiger partial charge < -0.3 is 16.0 Å². The number of aromatic nitrogens is 2. The second kappa shape index (κ2) is 7.56. The summed E-state index contributed by atoms with van der Waals surface area (Å²) < 4.78 is 0. The second-order valence-corrected chi connectivity index (χ2v) is 4.37. The monoisotopic (exact) mass is 265 g/mol. The molecule has 106 valence electrons. The van der Waals surface area contributed by atoms with Crippen LogP contribution >= 0.6 is 0 Å². The molecule has 1 heterocycles. The van der Waals surface area contributed by atoms with Crippen LogP contribution < -0.4 is 16.0 Å². The molecule has 3 N–H and O–H groups in total. The SMILES string of the molecule is CCCNC(=O)CCNc1nc(C)nc(NC)c1C. The van der Waals surface area contributed by atoms with Gasteiger partial charge in [0, 0.05) is 32.1 Å². The van der Waals surface area contributed by atoms with Gasteiger partial charge in [-0.05, 0) is 20.3 Å². The maximum Gasteiger partial charge on any atom is 0.221 e. The van der Waals surface area contributed by atoms with Crippen LogP contribution in [0.5, 0.6) is 0 Å². The molecule has 1 aromatic heterocycles. The smallest absolute Gasteiger partial charge is 0.221 e. The van der Waals surface area contributed by atoms with Crippen molar-refractivity contribution in [2.75, 3.05) is 30.8 Å². The highest BCUT2D eigenvalue weighted by molar-refractivity contribution is 5.76. The Morgan fingerprint density at radius 2 is 1.84 bits per heavy atom. The third-order valence-electron chi connectivity index (χ3n) is 2.71. The molecule has 19 heavy (non-hydrogen) atoms. The van der Waals surface area contributed by atoms with Gasteiger partial charge in [-0.1, -0.05) is 6.92 Å². The first-order valence-electron chi connectivity index (χ1n) is 6.62. The molecule has 0 saturated heterocycles. The van der Waals surface area contributed by atoms with Crippen LogP contribution in [0.25, 0.3) is 0 Å². The number of carbonyl (C=O) groups excluding carboxylic acids is 1. The molecule has 1 aromatic rings. The molecule has 0 fully saturated rings. The average molecular weight is 265 g/mol. The molecular formula is C13H23N5O. The summed E-state index contributed by atoms with van der Waals surface area (Å²) in [5.74, 6) is 2.35. The zero-order valence-electron chi connectivity index (χ0n) is 12.1. The number of aryl methyl sites for hydroxylation is 1. The van der Waals surface area contributed by atoms with Crippen molar-refractivity contribution in [2.24, 2.45) is 0 Å². The van der Waals surface area contributed by atoms with Gasteiger partial charge in [-0.15, -0.1) is 0 Å². The van der Waals surface area contributed by atoms with Crippen molar-refractivity contribution < 1.29 is 4.79 Å². The minimum Gasteiger partial charge on any atom is -0.373 e. The first-order valence-corrected chi connectivity index (χ1v) is 6.62. The summed E-state index contributed by atoms with van der Waals surface area (Å²) in [5.41, 5.74) is 0.960. The van der Waals surface area contributed by atoms with E-state index in [-0.39, 0.29) is 5.91 Å². The Morgan fingerprint density at radius 3 is 2.47 bits per heavy atom. The fourth-order valence-corrected chi connectivity index (χ4v) is 1.69. The first-order chi connectivity index (χ1) is 9.08. The van der Waals surface area contributed by atoms with Crippen molar-refractivity contribution in [3.05, 3.63) is 11.4 Å². The molecule has 0 unspecified atom stereocenters. The van der Waals surface area contributed by atoms with Crippen LogP contribution in [0.1, 0.15) is 31.2 Å². The van der Waals surface area contributed by atoms with Crippen LogP contribution in [-0.4, -0.2) is 36.0 Å². The summed E-state index contributed by atoms with van der Waals surface area (Å²) in [6.07, 6.45) is 1.40. The number of rotatable bonds is 7. The van der Waals surface area contributed by atoms with E-state index in [1.807, 2.05) is 27.8 Å². The van der Waals surface area contributed by atoms with Gasteiger partial charge in [0.05, 0.1) is 0 Å². The molecule has 0 spiro atoms. The lowest BCUT2D eigenvalue weighted by molar-refractivity contribution is -0.120. The minimum atomic E-state index is 0.0617. The highest BCUT2D eigenvalue weighted by Gasteiger charge is 2.08. The summed E-state index contributed by atoms with van der Waals surface area (Å²) in [6, 6.07) is 0. The van der Waals surface area contributed by atoms with E-state index in [1.165, 1.54) is 0 Å². The number of nitrogens with zero attached hydrogens (tertiary/aromatic N) is 2. The van der Waals surface area contributed by atoms with E-state index in [0.29, 0.717) is 18.8 Å². The molecule has 0 aliphatic heterocycles. The topological polar surface area (TPSA) is 78.9 Å². The van der Waals surface area contributed by atoms with E-state index in [0.717, 1.165) is 30.2 Å². The summed E-state index contributed by atoms with van der Waals surface area (Å²) in [5, 5.41) is 9.06. The van der Waals surface area contributed by atoms with Crippen LogP contribution in [-0.2, 0) is 4.79 Å². The van der Waals surface area contributed by atoms with Crippen LogP contribution in [0.15, 0.2) is 0 Å². The van der Waals surface area contributed by atoms with Crippen molar-refractivity contribution >= 4 is 17.5 Å². The third-order valence-corrected chi connectivity index (χ3v) is 2.71. The molecule has 1 amide bonds. The van der Waals surface area contributed by atoms with Crippen LogP contribution in [0, 0.1) is 13.8 Å². The van der Waals surface area contributed by atoms with Crippen molar-refractivity contribution in [1.29, 1.82) is 0 Å². The molecule has 0 radical (unpaired) electrons. The number of carbonyl (C=O) groups is 1. The van der Waals surface area contributed by atoms with E-state index in [1.54, 1.807) is 0 Å². The van der Waals surface area contributed by atoms with Crippen LogP contribution in [0.2, 0.25) is 0 Å². The zero-order chi connectivity index (χ0) is 14.3. The summed E-state index contributed by atoms with van der Waals surface area (Å²) >= 11 is 0. The van der Waals surface area contributed by atoms with Gasteiger partial charge in [0.1, 0.15) is 17.5 Å². The lowest BCUT2D eigenvalue weighted by Gasteiger charge is -2.12. The van der Waals surface area contributed by atoms with Gasteiger partial charge in [-0.3, -0.25) is 4.79 Å². The van der Waals surface area contributed by atoms with Gasteiger partial charge in [0.25, 0.3) is 0 Å². The van der Waals surface area contributed by atoms with Crippen molar-refractivity contribution in [1.82, 2.24) is 15.3 Å². The zero-order valence-corrected chi connectivity index (χ0v) is 12.1. The second-order valence-electron chi connectivity index (χ2n) is 4.37. The average Bonchev–Trinajstić information content (AvgIpc) is 2.39. The molecule has 0 saturated carbocycles. The summed E-state index contributed by atoms with van der Waals surface area (Å²) in [4.78, 5) is 20.1. The van der Waals surface area contributed by atoms with E-state index in [2.05, 4.69) is 25.9 Å². The highest BCUT2D eigenvalue weighted by atomic mass is 16.1. The fourth-order valence-electron chi connectivity index (χ4n) is 1.69. The molecule has 6 nitrogen and oxygen atoms in total. The van der Waals surface area contributed by atoms with Crippen LogP contribution in [0.3, 0.4) is 0 Å². The van der Waals surface area contributed by atoms with Crippen molar-refractivity contribution in [2.45, 2.75) is 33.6 Å². The molecule has 0 atom stereocenters. The lowest BCUT2D eigenvalue weighted by Crippen LogP contribution is -2.26. The van der Waals surface area contributed by atoms with Gasteiger partial charge in [0.2, 0.25) is 5.91 Å². The maximum atomic E-state index is 11.5. The number of anilines is 2. The van der Waals surface area contributed by atoms with Crippen molar-refractivity contribution in [3.8, 4) is 0 Å². The lowest BCUT2D eigenvalue weighted by atomic mass is 10.3. The van der Waals surface area contributed by atoms with Gasteiger partial charge in [0.15, 0.2) is 0 Å². The quantitative estimate of drug-likeness (QED) is 0.695. The number of hydrogen-bond donors (Lipinski definition) is 3. The molecule has 6 heteroatoms. The maximum absolute atomic E-state index is 11.5. The largest absolute Gasteiger partial charge is 0.373 e. The molecule has 0 aliphatic carbocycles. The van der Waals surface area contributed by atoms with Gasteiger partial charge >= 0.3 is 0 Å². The first kappa shape index (κ1) is 15.2. The Morgan fingerprint density at radius 1 is 1.16 bits per heavy atom. The number of amides is 1. The number of nitrogens with one attached hydrogen (secondary N) is 3. The van der Waals surface area contributed by atoms with E-state index in [9.17, 15) is 4.79 Å². The molecule has 0 bridgehead atoms. The normalized spacial score (nSPS) is 10.1. The standard InChI is InChI=1S/C13H23N5O/c1-5-7-15-11(19)6-8-16-13-9(2)12(14-4)17-10(3)18-13/h5-8H2,1-4H3,(H,15,19)(H2,14,16,17,18). The predicted octanol–water partition coefficient (Wildman–Crippen LogP) is 1.46. The fraction of sp³-hybridized carbons (Fsp3) is 0.615. The van der Waals surface area contributed by atoms with Crippen LogP contribution in [0.4, 0.5) is 11.6 Å². The Hall–Kier alpha value is -1.85. The highest BCUT2D eigenvalue weighted by Crippen LogP contribution is 2.18. The van der Waals surface area contributed by atoms with Gasteiger partial charge in [-0.2, -0.15) is 0 Å². The Balaban J connectivity index is 2.53. The van der Waals surface area contributed by atoms with E-state index in [4.69, 9.17) is 0 Å². The van der Waals surface area contributed by atoms with Crippen molar-refractivity contribution in [3.63, 3.8) is 0 Å². The van der Waals surface area contributed by atoms with Gasteiger partial charge in [-0.25, -0.2) is 9.97 Å². The number of hydrogen-bond acceptors (Lipinski definition) is 5. The molecule has 0 aromatic carbocycles. The van der Waals surface area contributed by atoms with E-state index >= 15 is 0 Å². The Kier molecular flexibility index (Phi) is 6.05. The summed E-state index contributed by atoms with van der Waals surface area (Å²) in [6.45, 7) is 7.12. The Labute approximate surface area is 114 Å². The molecular weight excluding hydrogens is 242 g/mol. The predicted molar refractivity (Wildman–Crippen MR) is 77.5 cm³/mol. The third kappa shape index (κ3) is 4.73. The Bertz CT molecular complexity index is 433. The molecule has 0 aliphatic rings.